The van der Waals surface area contributed by atoms with E-state index in [0.29, 0.717) is 16.5 Å². The molecule has 0 aliphatic carbocycles. The largest absolute Gasteiger partial charge is 0.449 e. The van der Waals surface area contributed by atoms with E-state index in [1.807, 2.05) is 38.1 Å². The minimum absolute atomic E-state index is 0.252. The summed E-state index contributed by atoms with van der Waals surface area (Å²) >= 11 is 0. The lowest BCUT2D eigenvalue weighted by Crippen LogP contribution is -2.21. The number of ether oxygens (including phenoxy) is 1. The highest BCUT2D eigenvalue weighted by atomic mass is 16.6. The molecule has 0 fully saturated rings. The number of ketones is 1. The Morgan fingerprint density at radius 3 is 2.13 bits per heavy atom. The molecule has 0 saturated heterocycles. The van der Waals surface area contributed by atoms with Gasteiger partial charge in [0.05, 0.1) is 5.39 Å². The van der Waals surface area contributed by atoms with Gasteiger partial charge in [-0.1, -0.05) is 71.8 Å². The highest BCUT2D eigenvalue weighted by molar-refractivity contribution is 6.02. The molecule has 0 aliphatic rings. The molecule has 4 rings (SSSR count). The Morgan fingerprint density at radius 2 is 1.45 bits per heavy atom. The van der Waals surface area contributed by atoms with Crippen molar-refractivity contribution in [2.45, 2.75) is 20.0 Å². The SMILES string of the molecule is Cc1ccc(C(=O)[C@@H](OC(=O)c2cc(=O)c3ccccc3o2)c2ccc(C)cc2)cc1. The van der Waals surface area contributed by atoms with E-state index in [4.69, 9.17) is 9.15 Å². The third-order valence-electron chi connectivity index (χ3n) is 5.02. The predicted octanol–water partition coefficient (Wildman–Crippen LogP) is 5.19. The quantitative estimate of drug-likeness (QED) is 0.333. The molecule has 0 radical (unpaired) electrons. The molecule has 1 aromatic heterocycles. The minimum Gasteiger partial charge on any atom is -0.449 e. The third kappa shape index (κ3) is 4.31. The van der Waals surface area contributed by atoms with Crippen LogP contribution in [0.5, 0.6) is 0 Å². The third-order valence-corrected chi connectivity index (χ3v) is 5.02. The van der Waals surface area contributed by atoms with Crippen molar-refractivity contribution in [1.29, 1.82) is 0 Å². The van der Waals surface area contributed by atoms with Gasteiger partial charge >= 0.3 is 5.97 Å². The molecule has 4 aromatic rings. The van der Waals surface area contributed by atoms with Crippen LogP contribution in [0.1, 0.15) is 43.7 Å². The Kier molecular flexibility index (Phi) is 5.50. The maximum Gasteiger partial charge on any atom is 0.375 e. The molecule has 0 spiro atoms. The van der Waals surface area contributed by atoms with Crippen LogP contribution in [-0.2, 0) is 4.74 Å². The second-order valence-corrected chi connectivity index (χ2v) is 7.40. The predicted molar refractivity (Wildman–Crippen MR) is 117 cm³/mol. The molecule has 0 amide bonds. The summed E-state index contributed by atoms with van der Waals surface area (Å²) in [7, 11) is 0. The summed E-state index contributed by atoms with van der Waals surface area (Å²) < 4.78 is 11.2. The number of carbonyl (C=O) groups is 2. The van der Waals surface area contributed by atoms with Gasteiger partial charge in [0.1, 0.15) is 5.58 Å². The van der Waals surface area contributed by atoms with Crippen LogP contribution in [0.3, 0.4) is 0 Å². The maximum atomic E-state index is 13.2. The standard InChI is InChI=1S/C26H20O5/c1-16-7-11-18(12-8-16)24(28)25(19-13-9-17(2)10-14-19)31-26(29)23-15-21(27)20-5-3-4-6-22(20)30-23/h3-15,25H,1-2H3/t25-/m0/s1. The Labute approximate surface area is 178 Å². The van der Waals surface area contributed by atoms with Crippen LogP contribution in [0.2, 0.25) is 0 Å². The van der Waals surface area contributed by atoms with Crippen molar-refractivity contribution in [3.63, 3.8) is 0 Å². The van der Waals surface area contributed by atoms with Gasteiger partial charge in [-0.25, -0.2) is 4.79 Å². The molecule has 1 atom stereocenters. The molecule has 154 valence electrons. The highest BCUT2D eigenvalue weighted by Gasteiger charge is 2.28. The fraction of sp³-hybridized carbons (Fsp3) is 0.115. The minimum atomic E-state index is -1.17. The van der Waals surface area contributed by atoms with Gasteiger partial charge in [-0.2, -0.15) is 0 Å². The molecule has 5 nitrogen and oxygen atoms in total. The zero-order chi connectivity index (χ0) is 22.0. The van der Waals surface area contributed by atoms with Crippen molar-refractivity contribution < 1.29 is 18.7 Å². The molecular formula is C26H20O5. The van der Waals surface area contributed by atoms with Crippen LogP contribution in [0.25, 0.3) is 11.0 Å². The topological polar surface area (TPSA) is 73.6 Å². The molecule has 0 aliphatic heterocycles. The molecule has 0 bridgehead atoms. The average molecular weight is 412 g/mol. The smallest absolute Gasteiger partial charge is 0.375 e. The lowest BCUT2D eigenvalue weighted by Gasteiger charge is -2.17. The summed E-state index contributed by atoms with van der Waals surface area (Å²) in [6.07, 6.45) is -1.17. The van der Waals surface area contributed by atoms with E-state index in [2.05, 4.69) is 0 Å². The first-order chi connectivity index (χ1) is 14.9. The van der Waals surface area contributed by atoms with E-state index in [1.54, 1.807) is 48.5 Å². The van der Waals surface area contributed by atoms with Crippen LogP contribution >= 0.6 is 0 Å². The van der Waals surface area contributed by atoms with Crippen LogP contribution in [0.4, 0.5) is 0 Å². The summed E-state index contributed by atoms with van der Waals surface area (Å²) in [6, 6.07) is 21.9. The van der Waals surface area contributed by atoms with E-state index in [-0.39, 0.29) is 22.6 Å². The lowest BCUT2D eigenvalue weighted by atomic mass is 9.98. The van der Waals surface area contributed by atoms with E-state index in [0.717, 1.165) is 17.2 Å². The van der Waals surface area contributed by atoms with Crippen LogP contribution in [0.15, 0.2) is 88.1 Å². The molecule has 31 heavy (non-hydrogen) atoms. The number of fused-ring (bicyclic) bond motifs is 1. The first-order valence-corrected chi connectivity index (χ1v) is 9.84. The van der Waals surface area contributed by atoms with Crippen LogP contribution in [-0.4, -0.2) is 11.8 Å². The van der Waals surface area contributed by atoms with Crippen molar-refractivity contribution in [2.75, 3.05) is 0 Å². The summed E-state index contributed by atoms with van der Waals surface area (Å²) in [6.45, 7) is 3.85. The van der Waals surface area contributed by atoms with Crippen LogP contribution in [0, 0.1) is 13.8 Å². The Hall–Kier alpha value is -3.99. The molecule has 5 heteroatoms. The summed E-state index contributed by atoms with van der Waals surface area (Å²) in [5, 5.41) is 0.366. The van der Waals surface area contributed by atoms with E-state index in [9.17, 15) is 14.4 Å². The number of esters is 1. The van der Waals surface area contributed by atoms with Gasteiger partial charge < -0.3 is 9.15 Å². The van der Waals surface area contributed by atoms with Gasteiger partial charge in [-0.05, 0) is 26.0 Å². The van der Waals surface area contributed by atoms with Gasteiger partial charge in [0.2, 0.25) is 11.5 Å². The zero-order valence-corrected chi connectivity index (χ0v) is 17.1. The van der Waals surface area contributed by atoms with E-state index < -0.39 is 12.1 Å². The number of benzene rings is 3. The van der Waals surface area contributed by atoms with Crippen molar-refractivity contribution in [1.82, 2.24) is 0 Å². The number of para-hydroxylation sites is 1. The molecule has 0 unspecified atom stereocenters. The second kappa shape index (κ2) is 8.40. The van der Waals surface area contributed by atoms with E-state index in [1.165, 1.54) is 0 Å². The van der Waals surface area contributed by atoms with Crippen LogP contribution < -0.4 is 5.43 Å². The van der Waals surface area contributed by atoms with Crippen molar-refractivity contribution >= 4 is 22.7 Å². The first-order valence-electron chi connectivity index (χ1n) is 9.84. The Balaban J connectivity index is 1.71. The highest BCUT2D eigenvalue weighted by Crippen LogP contribution is 2.25. The normalized spacial score (nSPS) is 11.8. The number of aryl methyl sites for hydroxylation is 2. The average Bonchev–Trinajstić information content (AvgIpc) is 2.78. The number of hydrogen-bond acceptors (Lipinski definition) is 5. The number of carbonyl (C=O) groups excluding carboxylic acids is 2. The fourth-order valence-corrected chi connectivity index (χ4v) is 3.25. The fourth-order valence-electron chi connectivity index (χ4n) is 3.25. The Bertz CT molecular complexity index is 1310. The summed E-state index contributed by atoms with van der Waals surface area (Å²) in [5.41, 5.74) is 2.90. The van der Waals surface area contributed by atoms with Crippen molar-refractivity contribution in [3.05, 3.63) is 117 Å². The van der Waals surface area contributed by atoms with Crippen molar-refractivity contribution in [2.24, 2.45) is 0 Å². The molecule has 0 saturated carbocycles. The lowest BCUT2D eigenvalue weighted by molar-refractivity contribution is 0.0251. The van der Waals surface area contributed by atoms with Gasteiger partial charge in [0.15, 0.2) is 11.5 Å². The molecule has 3 aromatic carbocycles. The van der Waals surface area contributed by atoms with Gasteiger partial charge in [0.25, 0.3) is 0 Å². The number of Topliss-reactive ketones (excluding diaryl/α,β-unsaturated/α-hetero) is 1. The summed E-state index contributed by atoms with van der Waals surface area (Å²) in [5.74, 6) is -1.49. The van der Waals surface area contributed by atoms with Gasteiger partial charge in [-0.15, -0.1) is 0 Å². The molecule has 1 heterocycles. The number of rotatable bonds is 5. The number of hydrogen-bond donors (Lipinski definition) is 0. The molecule has 0 N–H and O–H groups in total. The monoisotopic (exact) mass is 412 g/mol. The second-order valence-electron chi connectivity index (χ2n) is 7.40. The first kappa shape index (κ1) is 20.3. The van der Waals surface area contributed by atoms with Gasteiger partial charge in [0, 0.05) is 17.2 Å². The van der Waals surface area contributed by atoms with Crippen molar-refractivity contribution in [3.8, 4) is 0 Å². The van der Waals surface area contributed by atoms with Gasteiger partial charge in [-0.3, -0.25) is 9.59 Å². The summed E-state index contributed by atoms with van der Waals surface area (Å²) in [4.78, 5) is 38.4. The Morgan fingerprint density at radius 1 is 0.839 bits per heavy atom. The van der Waals surface area contributed by atoms with E-state index >= 15 is 0 Å². The zero-order valence-electron chi connectivity index (χ0n) is 17.1. The maximum absolute atomic E-state index is 13.2. The molecular weight excluding hydrogens is 392 g/mol.